The van der Waals surface area contributed by atoms with Crippen LogP contribution in [0.15, 0.2) is 18.2 Å². The number of hydrogen-bond acceptors (Lipinski definition) is 1. The first-order valence-corrected chi connectivity index (χ1v) is 5.29. The van der Waals surface area contributed by atoms with E-state index in [4.69, 9.17) is 0 Å². The van der Waals surface area contributed by atoms with Crippen LogP contribution in [-0.4, -0.2) is 11.2 Å². The smallest absolute Gasteiger partial charge is 0.129 e. The third kappa shape index (κ3) is 2.53. The zero-order valence-corrected chi connectivity index (χ0v) is 8.42. The highest BCUT2D eigenvalue weighted by Gasteiger charge is 2.29. The summed E-state index contributed by atoms with van der Waals surface area (Å²) in [4.78, 5) is 0. The molecule has 0 aromatic heterocycles. The van der Waals surface area contributed by atoms with Crippen LogP contribution >= 0.6 is 0 Å². The number of benzene rings is 1. The van der Waals surface area contributed by atoms with Gasteiger partial charge in [0.25, 0.3) is 0 Å². The molecule has 0 heterocycles. The minimum Gasteiger partial charge on any atom is -0.393 e. The first-order valence-electron chi connectivity index (χ1n) is 5.29. The molecule has 1 N–H and O–H groups in total. The SMILES string of the molecule is OC(CCc1c(F)cccc1F)C1CC1. The van der Waals surface area contributed by atoms with Crippen molar-refractivity contribution in [3.63, 3.8) is 0 Å². The second kappa shape index (κ2) is 4.27. The summed E-state index contributed by atoms with van der Waals surface area (Å²) >= 11 is 0. The van der Waals surface area contributed by atoms with Gasteiger partial charge in [-0.15, -0.1) is 0 Å². The van der Waals surface area contributed by atoms with Crippen molar-refractivity contribution in [1.29, 1.82) is 0 Å². The van der Waals surface area contributed by atoms with Crippen LogP contribution in [0.5, 0.6) is 0 Å². The molecule has 1 fully saturated rings. The molecule has 0 amide bonds. The molecule has 1 nitrogen and oxygen atoms in total. The third-order valence-electron chi connectivity index (χ3n) is 2.92. The predicted octanol–water partition coefficient (Wildman–Crippen LogP) is 2.67. The topological polar surface area (TPSA) is 20.2 Å². The molecule has 0 radical (unpaired) electrons. The number of rotatable bonds is 4. The maximum Gasteiger partial charge on any atom is 0.129 e. The average Bonchev–Trinajstić information content (AvgIpc) is 2.99. The summed E-state index contributed by atoms with van der Waals surface area (Å²) in [5, 5.41) is 9.59. The maximum atomic E-state index is 13.2. The molecule has 0 aliphatic heterocycles. The molecule has 1 aromatic carbocycles. The average molecular weight is 212 g/mol. The summed E-state index contributed by atoms with van der Waals surface area (Å²) < 4.78 is 26.4. The molecule has 1 unspecified atom stereocenters. The highest BCUT2D eigenvalue weighted by molar-refractivity contribution is 5.19. The van der Waals surface area contributed by atoms with Gasteiger partial charge in [0.1, 0.15) is 11.6 Å². The third-order valence-corrected chi connectivity index (χ3v) is 2.92. The first-order chi connectivity index (χ1) is 7.18. The summed E-state index contributed by atoms with van der Waals surface area (Å²) in [6, 6.07) is 3.86. The highest BCUT2D eigenvalue weighted by Crippen LogP contribution is 2.34. The Morgan fingerprint density at radius 2 is 1.87 bits per heavy atom. The van der Waals surface area contributed by atoms with Crippen LogP contribution in [0.1, 0.15) is 24.8 Å². The fraction of sp³-hybridized carbons (Fsp3) is 0.500. The van der Waals surface area contributed by atoms with Crippen molar-refractivity contribution in [1.82, 2.24) is 0 Å². The van der Waals surface area contributed by atoms with E-state index < -0.39 is 17.7 Å². The molecule has 1 aliphatic carbocycles. The van der Waals surface area contributed by atoms with E-state index in [2.05, 4.69) is 0 Å². The number of hydrogen-bond donors (Lipinski definition) is 1. The molecule has 3 heteroatoms. The van der Waals surface area contributed by atoms with E-state index in [1.165, 1.54) is 18.2 Å². The minimum atomic E-state index is -0.516. The summed E-state index contributed by atoms with van der Waals surface area (Å²) in [6.07, 6.45) is 2.41. The molecule has 1 atom stereocenters. The molecule has 1 saturated carbocycles. The van der Waals surface area contributed by atoms with E-state index in [0.717, 1.165) is 12.8 Å². The van der Waals surface area contributed by atoms with E-state index in [1.807, 2.05) is 0 Å². The summed E-state index contributed by atoms with van der Waals surface area (Å²) in [7, 11) is 0. The lowest BCUT2D eigenvalue weighted by Crippen LogP contribution is -2.11. The number of aliphatic hydroxyl groups excluding tert-OH is 1. The summed E-state index contributed by atoms with van der Waals surface area (Å²) in [5.74, 6) is -0.671. The van der Waals surface area contributed by atoms with Crippen molar-refractivity contribution in [2.24, 2.45) is 5.92 Å². The normalized spacial score (nSPS) is 17.8. The van der Waals surface area contributed by atoms with Gasteiger partial charge >= 0.3 is 0 Å². The van der Waals surface area contributed by atoms with Gasteiger partial charge in [0.15, 0.2) is 0 Å². The van der Waals surface area contributed by atoms with Gasteiger partial charge in [-0.3, -0.25) is 0 Å². The summed E-state index contributed by atoms with van der Waals surface area (Å²) in [5.41, 5.74) is 0.0946. The number of aliphatic hydroxyl groups is 1. The largest absolute Gasteiger partial charge is 0.393 e. The standard InChI is InChI=1S/C12H14F2O/c13-10-2-1-3-11(14)9(10)6-7-12(15)8-4-5-8/h1-3,8,12,15H,4-7H2. The quantitative estimate of drug-likeness (QED) is 0.813. The molecule has 1 aromatic rings. The lowest BCUT2D eigenvalue weighted by molar-refractivity contribution is 0.141. The second-order valence-electron chi connectivity index (χ2n) is 4.14. The Kier molecular flexibility index (Phi) is 3.00. The van der Waals surface area contributed by atoms with E-state index >= 15 is 0 Å². The first kappa shape index (κ1) is 10.6. The van der Waals surface area contributed by atoms with E-state index in [1.54, 1.807) is 0 Å². The molecule has 0 spiro atoms. The van der Waals surface area contributed by atoms with E-state index in [0.29, 0.717) is 12.3 Å². The Balaban J connectivity index is 1.97. The highest BCUT2D eigenvalue weighted by atomic mass is 19.1. The van der Waals surface area contributed by atoms with Crippen LogP contribution in [0.2, 0.25) is 0 Å². The van der Waals surface area contributed by atoms with E-state index in [9.17, 15) is 13.9 Å². The van der Waals surface area contributed by atoms with Gasteiger partial charge in [0.05, 0.1) is 6.10 Å². The Labute approximate surface area is 87.7 Å². The molecule has 0 saturated heterocycles. The lowest BCUT2D eigenvalue weighted by Gasteiger charge is -2.09. The Morgan fingerprint density at radius 1 is 1.27 bits per heavy atom. The predicted molar refractivity (Wildman–Crippen MR) is 53.4 cm³/mol. The van der Waals surface area contributed by atoms with E-state index in [-0.39, 0.29) is 12.0 Å². The van der Waals surface area contributed by atoms with Crippen molar-refractivity contribution in [3.8, 4) is 0 Å². The van der Waals surface area contributed by atoms with Gasteiger partial charge in [0.2, 0.25) is 0 Å². The zero-order chi connectivity index (χ0) is 10.8. The van der Waals surface area contributed by atoms with Crippen LogP contribution < -0.4 is 0 Å². The van der Waals surface area contributed by atoms with Crippen molar-refractivity contribution >= 4 is 0 Å². The van der Waals surface area contributed by atoms with Gasteiger partial charge < -0.3 is 5.11 Å². The van der Waals surface area contributed by atoms with Crippen LogP contribution in [0.4, 0.5) is 8.78 Å². The molecule has 0 bridgehead atoms. The number of halogens is 2. The maximum absolute atomic E-state index is 13.2. The van der Waals surface area contributed by atoms with Crippen molar-refractivity contribution in [2.45, 2.75) is 31.8 Å². The monoisotopic (exact) mass is 212 g/mol. The summed E-state index contributed by atoms with van der Waals surface area (Å²) in [6.45, 7) is 0. The minimum absolute atomic E-state index is 0.0946. The zero-order valence-electron chi connectivity index (χ0n) is 8.42. The fourth-order valence-electron chi connectivity index (χ4n) is 1.78. The van der Waals surface area contributed by atoms with Crippen molar-refractivity contribution < 1.29 is 13.9 Å². The Bertz CT molecular complexity index is 327. The van der Waals surface area contributed by atoms with Crippen molar-refractivity contribution in [2.75, 3.05) is 0 Å². The molecular formula is C12H14F2O. The van der Waals surface area contributed by atoms with Crippen LogP contribution in [0.25, 0.3) is 0 Å². The molecule has 1 aliphatic rings. The fourth-order valence-corrected chi connectivity index (χ4v) is 1.78. The Hall–Kier alpha value is -0.960. The van der Waals surface area contributed by atoms with Crippen LogP contribution in [0.3, 0.4) is 0 Å². The van der Waals surface area contributed by atoms with Gasteiger partial charge in [-0.25, -0.2) is 8.78 Å². The van der Waals surface area contributed by atoms with Crippen LogP contribution in [-0.2, 0) is 6.42 Å². The molecule has 15 heavy (non-hydrogen) atoms. The van der Waals surface area contributed by atoms with Crippen molar-refractivity contribution in [3.05, 3.63) is 35.4 Å². The van der Waals surface area contributed by atoms with Gasteiger partial charge in [-0.1, -0.05) is 6.07 Å². The molecule has 82 valence electrons. The van der Waals surface area contributed by atoms with Gasteiger partial charge in [-0.2, -0.15) is 0 Å². The molecule has 2 rings (SSSR count). The van der Waals surface area contributed by atoms with Gasteiger partial charge in [-0.05, 0) is 43.7 Å². The Morgan fingerprint density at radius 3 is 2.40 bits per heavy atom. The second-order valence-corrected chi connectivity index (χ2v) is 4.14. The molecular weight excluding hydrogens is 198 g/mol. The lowest BCUT2D eigenvalue weighted by atomic mass is 10.0. The van der Waals surface area contributed by atoms with Gasteiger partial charge in [0, 0.05) is 5.56 Å². The van der Waals surface area contributed by atoms with Crippen LogP contribution in [0, 0.1) is 17.6 Å².